The number of likely N-dealkylation sites (tertiary alicyclic amines) is 1. The van der Waals surface area contributed by atoms with Gasteiger partial charge in [-0.2, -0.15) is 0 Å². The highest BCUT2D eigenvalue weighted by Gasteiger charge is 2.37. The van der Waals surface area contributed by atoms with E-state index in [0.717, 1.165) is 5.75 Å². The normalized spacial score (nSPS) is 16.5. The molecule has 2 rings (SSSR count). The van der Waals surface area contributed by atoms with Crippen LogP contribution in [0.1, 0.15) is 31.1 Å². The summed E-state index contributed by atoms with van der Waals surface area (Å²) in [6.07, 6.45) is 0.0974. The van der Waals surface area contributed by atoms with E-state index in [1.54, 1.807) is 36.1 Å². The number of hydrogen-bond acceptors (Lipinski definition) is 3. The Morgan fingerprint density at radius 2 is 1.76 bits per heavy atom. The minimum absolute atomic E-state index is 0.0509. The van der Waals surface area contributed by atoms with Crippen LogP contribution in [0.15, 0.2) is 24.3 Å². The molecule has 0 radical (unpaired) electrons. The van der Waals surface area contributed by atoms with Gasteiger partial charge < -0.3 is 14.7 Å². The molecule has 1 amide bonds. The fraction of sp³-hybridized carbons (Fsp3) is 0.500. The lowest BCUT2D eigenvalue weighted by Gasteiger charge is -2.41. The zero-order valence-electron chi connectivity index (χ0n) is 12.6. The molecule has 1 atom stereocenters. The Bertz CT molecular complexity index is 518. The molecule has 1 aromatic carbocycles. The fourth-order valence-electron chi connectivity index (χ4n) is 2.33. The molecule has 1 fully saturated rings. The first-order chi connectivity index (χ1) is 9.88. The van der Waals surface area contributed by atoms with E-state index >= 15 is 0 Å². The molecule has 1 saturated heterocycles. The minimum Gasteiger partial charge on any atom is -0.491 e. The molecule has 1 heterocycles. The highest BCUT2D eigenvalue weighted by atomic mass is 16.5. The van der Waals surface area contributed by atoms with E-state index in [-0.39, 0.29) is 17.9 Å². The number of carboxylic acid groups (broad SMARTS) is 1. The second-order valence-corrected chi connectivity index (χ2v) is 5.79. The summed E-state index contributed by atoms with van der Waals surface area (Å²) in [6.45, 7) is 6.60. The van der Waals surface area contributed by atoms with Gasteiger partial charge in [-0.1, -0.05) is 6.92 Å². The number of amides is 1. The first-order valence-corrected chi connectivity index (χ1v) is 7.17. The van der Waals surface area contributed by atoms with E-state index in [2.05, 4.69) is 0 Å². The maximum atomic E-state index is 12.2. The molecule has 1 aromatic rings. The Labute approximate surface area is 124 Å². The third-order valence-corrected chi connectivity index (χ3v) is 3.77. The Morgan fingerprint density at radius 3 is 2.24 bits per heavy atom. The average Bonchev–Trinajstić information content (AvgIpc) is 2.36. The lowest BCUT2D eigenvalue weighted by Crippen LogP contribution is -2.53. The van der Waals surface area contributed by atoms with Crippen LogP contribution in [0.5, 0.6) is 5.75 Å². The van der Waals surface area contributed by atoms with Gasteiger partial charge in [-0.15, -0.1) is 0 Å². The van der Waals surface area contributed by atoms with E-state index in [0.29, 0.717) is 18.7 Å². The highest BCUT2D eigenvalue weighted by molar-refractivity contribution is 5.95. The molecule has 5 nitrogen and oxygen atoms in total. The highest BCUT2D eigenvalue weighted by Crippen LogP contribution is 2.26. The Morgan fingerprint density at radius 1 is 1.19 bits per heavy atom. The molecule has 0 aromatic heterocycles. The number of benzene rings is 1. The summed E-state index contributed by atoms with van der Waals surface area (Å²) in [4.78, 5) is 24.8. The van der Waals surface area contributed by atoms with Gasteiger partial charge >= 0.3 is 5.97 Å². The third kappa shape index (κ3) is 3.54. The first-order valence-electron chi connectivity index (χ1n) is 7.17. The Hall–Kier alpha value is -2.04. The quantitative estimate of drug-likeness (QED) is 0.903. The molecule has 1 aliphatic heterocycles. The van der Waals surface area contributed by atoms with Crippen LogP contribution < -0.4 is 4.74 Å². The zero-order valence-corrected chi connectivity index (χ0v) is 12.6. The third-order valence-electron chi connectivity index (χ3n) is 3.77. The number of carbonyl (C=O) groups is 2. The minimum atomic E-state index is -0.803. The molecule has 5 heteroatoms. The number of rotatable bonds is 5. The molecule has 0 spiro atoms. The van der Waals surface area contributed by atoms with Gasteiger partial charge in [0.15, 0.2) is 0 Å². The van der Waals surface area contributed by atoms with Crippen molar-refractivity contribution in [3.05, 3.63) is 29.8 Å². The SMILES string of the molecule is CC(C)Oc1ccc(C(=O)N2CC(C(C)C(=O)O)C2)cc1. The number of hydrogen-bond donors (Lipinski definition) is 1. The molecule has 0 bridgehead atoms. The van der Waals surface area contributed by atoms with Gasteiger partial charge in [0.25, 0.3) is 5.91 Å². The monoisotopic (exact) mass is 291 g/mol. The summed E-state index contributed by atoms with van der Waals surface area (Å²) in [5, 5.41) is 8.94. The van der Waals surface area contributed by atoms with Crippen LogP contribution in [-0.4, -0.2) is 41.1 Å². The van der Waals surface area contributed by atoms with Gasteiger partial charge in [-0.05, 0) is 38.1 Å². The zero-order chi connectivity index (χ0) is 15.6. The first kappa shape index (κ1) is 15.4. The van der Waals surface area contributed by atoms with Crippen LogP contribution in [0.4, 0.5) is 0 Å². The van der Waals surface area contributed by atoms with Crippen molar-refractivity contribution < 1.29 is 19.4 Å². The maximum Gasteiger partial charge on any atom is 0.306 e. The van der Waals surface area contributed by atoms with Crippen molar-refractivity contribution in [2.24, 2.45) is 11.8 Å². The van der Waals surface area contributed by atoms with Gasteiger partial charge in [0, 0.05) is 24.6 Å². The lowest BCUT2D eigenvalue weighted by molar-refractivity contribution is -0.144. The van der Waals surface area contributed by atoms with E-state index in [9.17, 15) is 9.59 Å². The van der Waals surface area contributed by atoms with Crippen LogP contribution >= 0.6 is 0 Å². The molecular weight excluding hydrogens is 270 g/mol. The van der Waals surface area contributed by atoms with Crippen molar-refractivity contribution >= 4 is 11.9 Å². The van der Waals surface area contributed by atoms with Crippen molar-refractivity contribution in [2.45, 2.75) is 26.9 Å². The molecule has 1 unspecified atom stereocenters. The van der Waals surface area contributed by atoms with Crippen molar-refractivity contribution in [1.29, 1.82) is 0 Å². The second kappa shape index (κ2) is 6.16. The Kier molecular flexibility index (Phi) is 4.50. The van der Waals surface area contributed by atoms with E-state index in [4.69, 9.17) is 9.84 Å². The van der Waals surface area contributed by atoms with E-state index in [1.807, 2.05) is 13.8 Å². The fourth-order valence-corrected chi connectivity index (χ4v) is 2.33. The molecule has 114 valence electrons. The summed E-state index contributed by atoms with van der Waals surface area (Å²) in [5.41, 5.74) is 0.604. The summed E-state index contributed by atoms with van der Waals surface area (Å²) in [7, 11) is 0. The van der Waals surface area contributed by atoms with Crippen molar-refractivity contribution in [2.75, 3.05) is 13.1 Å². The predicted octanol–water partition coefficient (Wildman–Crippen LogP) is 2.27. The van der Waals surface area contributed by atoms with Crippen LogP contribution in [0.25, 0.3) is 0 Å². The standard InChI is InChI=1S/C16H21NO4/c1-10(2)21-14-6-4-12(5-7-14)15(18)17-8-13(9-17)11(3)16(19)20/h4-7,10-11,13H,8-9H2,1-3H3,(H,19,20). The molecule has 1 N–H and O–H groups in total. The number of nitrogens with zero attached hydrogens (tertiary/aromatic N) is 1. The predicted molar refractivity (Wildman–Crippen MR) is 78.4 cm³/mol. The van der Waals surface area contributed by atoms with Crippen molar-refractivity contribution in [1.82, 2.24) is 4.90 Å². The molecule has 0 saturated carbocycles. The molecular formula is C16H21NO4. The number of aliphatic carboxylic acids is 1. The van der Waals surface area contributed by atoms with Gasteiger partial charge in [0.05, 0.1) is 12.0 Å². The lowest BCUT2D eigenvalue weighted by atomic mass is 9.86. The van der Waals surface area contributed by atoms with Crippen LogP contribution in [0.2, 0.25) is 0 Å². The van der Waals surface area contributed by atoms with Gasteiger partial charge in [0.2, 0.25) is 0 Å². The van der Waals surface area contributed by atoms with Crippen LogP contribution in [-0.2, 0) is 4.79 Å². The number of ether oxygens (including phenoxy) is 1. The summed E-state index contributed by atoms with van der Waals surface area (Å²) in [5.74, 6) is -0.476. The second-order valence-electron chi connectivity index (χ2n) is 5.79. The smallest absolute Gasteiger partial charge is 0.306 e. The Balaban J connectivity index is 1.92. The van der Waals surface area contributed by atoms with Crippen molar-refractivity contribution in [3.8, 4) is 5.75 Å². The van der Waals surface area contributed by atoms with E-state index < -0.39 is 11.9 Å². The summed E-state index contributed by atoms with van der Waals surface area (Å²) >= 11 is 0. The maximum absolute atomic E-state index is 12.2. The average molecular weight is 291 g/mol. The topological polar surface area (TPSA) is 66.8 Å². The van der Waals surface area contributed by atoms with Gasteiger partial charge in [0.1, 0.15) is 5.75 Å². The number of carboxylic acids is 1. The van der Waals surface area contributed by atoms with Crippen LogP contribution in [0, 0.1) is 11.8 Å². The molecule has 1 aliphatic rings. The van der Waals surface area contributed by atoms with Gasteiger partial charge in [-0.3, -0.25) is 9.59 Å². The van der Waals surface area contributed by atoms with Crippen molar-refractivity contribution in [3.63, 3.8) is 0 Å². The summed E-state index contributed by atoms with van der Waals surface area (Å²) < 4.78 is 5.53. The molecule has 0 aliphatic carbocycles. The number of carbonyl (C=O) groups excluding carboxylic acids is 1. The van der Waals surface area contributed by atoms with E-state index in [1.165, 1.54) is 0 Å². The van der Waals surface area contributed by atoms with Crippen LogP contribution in [0.3, 0.4) is 0 Å². The summed E-state index contributed by atoms with van der Waals surface area (Å²) in [6, 6.07) is 7.05. The van der Waals surface area contributed by atoms with Gasteiger partial charge in [-0.25, -0.2) is 0 Å². The largest absolute Gasteiger partial charge is 0.491 e. The molecule has 21 heavy (non-hydrogen) atoms.